The van der Waals surface area contributed by atoms with Crippen LogP contribution in [0.1, 0.15) is 26.7 Å². The molecule has 1 unspecified atom stereocenters. The van der Waals surface area contributed by atoms with E-state index in [1.54, 1.807) is 17.7 Å². The number of fused-ring (bicyclic) bond motifs is 1. The lowest BCUT2D eigenvalue weighted by molar-refractivity contribution is -0.122. The summed E-state index contributed by atoms with van der Waals surface area (Å²) in [6.45, 7) is 5.11. The van der Waals surface area contributed by atoms with Crippen molar-refractivity contribution in [2.75, 3.05) is 18.0 Å². The van der Waals surface area contributed by atoms with Crippen LogP contribution in [0, 0.1) is 0 Å². The molecule has 23 heavy (non-hydrogen) atoms. The fraction of sp³-hybridized carbons (Fsp3) is 0.533. The lowest BCUT2D eigenvalue weighted by Gasteiger charge is -2.27. The molecular weight excluding hydrogens is 334 g/mol. The zero-order valence-corrected chi connectivity index (χ0v) is 14.9. The highest BCUT2D eigenvalue weighted by Gasteiger charge is 2.33. The maximum absolute atomic E-state index is 12.5. The topological polar surface area (TPSA) is 84.1 Å². The van der Waals surface area contributed by atoms with Gasteiger partial charge in [0, 0.05) is 18.6 Å². The number of carbonyl (C=O) groups is 1. The highest BCUT2D eigenvalue weighted by molar-refractivity contribution is 7.16. The number of carbonyl (C=O) groups excluding carboxylic acids is 1. The van der Waals surface area contributed by atoms with E-state index in [1.807, 2.05) is 25.3 Å². The third kappa shape index (κ3) is 3.91. The minimum Gasteiger partial charge on any atom is -0.352 e. The van der Waals surface area contributed by atoms with Gasteiger partial charge in [-0.2, -0.15) is 0 Å². The fourth-order valence-corrected chi connectivity index (χ4v) is 3.46. The summed E-state index contributed by atoms with van der Waals surface area (Å²) in [7, 11) is 0. The van der Waals surface area contributed by atoms with E-state index in [2.05, 4.69) is 20.2 Å². The molecule has 1 amide bonds. The molecule has 1 aliphatic heterocycles. The minimum absolute atomic E-state index is 0. The highest BCUT2D eigenvalue weighted by Crippen LogP contribution is 2.31. The SMILES string of the molecule is CC(C)(N)CNC(=O)C1CCCN1c1ncnc2sccc12.Cl. The molecule has 1 atom stereocenters. The number of nitrogens with one attached hydrogen (secondary N) is 1. The summed E-state index contributed by atoms with van der Waals surface area (Å²) in [6, 6.07) is 1.84. The number of anilines is 1. The van der Waals surface area contributed by atoms with Crippen LogP contribution in [-0.4, -0.2) is 40.5 Å². The fourth-order valence-electron chi connectivity index (χ4n) is 2.73. The van der Waals surface area contributed by atoms with Gasteiger partial charge in [-0.05, 0) is 38.1 Å². The van der Waals surface area contributed by atoms with E-state index in [4.69, 9.17) is 5.73 Å². The van der Waals surface area contributed by atoms with E-state index in [9.17, 15) is 4.79 Å². The summed E-state index contributed by atoms with van der Waals surface area (Å²) in [5.41, 5.74) is 5.53. The van der Waals surface area contributed by atoms with Gasteiger partial charge in [0.2, 0.25) is 5.91 Å². The molecule has 0 bridgehead atoms. The summed E-state index contributed by atoms with van der Waals surface area (Å²) in [6.07, 6.45) is 3.40. The molecular formula is C15H22ClN5OS. The molecule has 1 aliphatic rings. The minimum atomic E-state index is -0.408. The van der Waals surface area contributed by atoms with Crippen molar-refractivity contribution in [3.05, 3.63) is 17.8 Å². The number of rotatable bonds is 4. The largest absolute Gasteiger partial charge is 0.352 e. The lowest BCUT2D eigenvalue weighted by Crippen LogP contribution is -2.50. The zero-order chi connectivity index (χ0) is 15.7. The quantitative estimate of drug-likeness (QED) is 0.875. The van der Waals surface area contributed by atoms with Crippen molar-refractivity contribution in [3.8, 4) is 0 Å². The molecule has 126 valence electrons. The first-order chi connectivity index (χ1) is 10.5. The number of aromatic nitrogens is 2. The van der Waals surface area contributed by atoms with Gasteiger partial charge in [0.05, 0.1) is 5.39 Å². The molecule has 8 heteroatoms. The Morgan fingerprint density at radius 1 is 1.52 bits per heavy atom. The molecule has 2 aromatic rings. The Balaban J connectivity index is 0.00000192. The summed E-state index contributed by atoms with van der Waals surface area (Å²) < 4.78 is 0. The number of nitrogens with zero attached hydrogens (tertiary/aromatic N) is 3. The summed E-state index contributed by atoms with van der Waals surface area (Å²) in [5, 5.41) is 5.98. The van der Waals surface area contributed by atoms with E-state index >= 15 is 0 Å². The first-order valence-electron chi connectivity index (χ1n) is 7.47. The van der Waals surface area contributed by atoms with E-state index < -0.39 is 5.54 Å². The molecule has 3 heterocycles. The van der Waals surface area contributed by atoms with Gasteiger partial charge in [-0.3, -0.25) is 4.79 Å². The lowest BCUT2D eigenvalue weighted by atomic mass is 10.1. The third-order valence-corrected chi connectivity index (χ3v) is 4.61. The van der Waals surface area contributed by atoms with Crippen LogP contribution in [-0.2, 0) is 4.79 Å². The molecule has 1 fully saturated rings. The molecule has 1 saturated heterocycles. The van der Waals surface area contributed by atoms with Crippen molar-refractivity contribution in [2.24, 2.45) is 5.73 Å². The monoisotopic (exact) mass is 355 g/mol. The molecule has 6 nitrogen and oxygen atoms in total. The molecule has 0 spiro atoms. The van der Waals surface area contributed by atoms with Gasteiger partial charge >= 0.3 is 0 Å². The second-order valence-corrected chi connectivity index (χ2v) is 7.29. The van der Waals surface area contributed by atoms with Crippen molar-refractivity contribution in [2.45, 2.75) is 38.3 Å². The average Bonchev–Trinajstić information content (AvgIpc) is 3.11. The van der Waals surface area contributed by atoms with Crippen molar-refractivity contribution in [3.63, 3.8) is 0 Å². The van der Waals surface area contributed by atoms with Gasteiger partial charge in [-0.15, -0.1) is 23.7 Å². The predicted molar refractivity (Wildman–Crippen MR) is 96.3 cm³/mol. The van der Waals surface area contributed by atoms with Gasteiger partial charge < -0.3 is 16.0 Å². The first-order valence-corrected chi connectivity index (χ1v) is 8.35. The number of thiophene rings is 1. The van der Waals surface area contributed by atoms with E-state index in [0.29, 0.717) is 6.54 Å². The van der Waals surface area contributed by atoms with Crippen LogP contribution in [0.3, 0.4) is 0 Å². The normalized spacial score (nSPS) is 18.0. The van der Waals surface area contributed by atoms with Gasteiger partial charge in [-0.1, -0.05) is 0 Å². The summed E-state index contributed by atoms with van der Waals surface area (Å²) in [4.78, 5) is 24.2. The maximum Gasteiger partial charge on any atom is 0.242 e. The molecule has 0 aromatic carbocycles. The second kappa shape index (κ2) is 6.98. The molecule has 3 rings (SSSR count). The third-order valence-electron chi connectivity index (χ3n) is 3.79. The molecule has 3 N–H and O–H groups in total. The number of amides is 1. The molecule has 0 saturated carbocycles. The number of hydrogen-bond donors (Lipinski definition) is 2. The highest BCUT2D eigenvalue weighted by atomic mass is 35.5. The molecule has 0 radical (unpaired) electrons. The number of hydrogen-bond acceptors (Lipinski definition) is 6. The van der Waals surface area contributed by atoms with E-state index in [-0.39, 0.29) is 24.4 Å². The Bertz CT molecular complexity index is 684. The van der Waals surface area contributed by atoms with E-state index in [0.717, 1.165) is 35.4 Å². The predicted octanol–water partition coefficient (Wildman–Crippen LogP) is 1.94. The smallest absolute Gasteiger partial charge is 0.242 e. The first kappa shape index (κ1) is 17.9. The number of nitrogens with two attached hydrogens (primary N) is 1. The number of halogens is 1. The van der Waals surface area contributed by atoms with Crippen LogP contribution in [0.25, 0.3) is 10.2 Å². The summed E-state index contributed by atoms with van der Waals surface area (Å²) >= 11 is 1.59. The Morgan fingerprint density at radius 2 is 2.30 bits per heavy atom. The Morgan fingerprint density at radius 3 is 3.04 bits per heavy atom. The summed E-state index contributed by atoms with van der Waals surface area (Å²) in [5.74, 6) is 0.883. The van der Waals surface area contributed by atoms with Gasteiger partial charge in [0.1, 0.15) is 23.0 Å². The average molecular weight is 356 g/mol. The van der Waals surface area contributed by atoms with Crippen molar-refractivity contribution >= 4 is 45.7 Å². The van der Waals surface area contributed by atoms with Crippen LogP contribution in [0.2, 0.25) is 0 Å². The molecule has 2 aromatic heterocycles. The van der Waals surface area contributed by atoms with Crippen molar-refractivity contribution < 1.29 is 4.79 Å². The van der Waals surface area contributed by atoms with Gasteiger partial charge in [0.15, 0.2) is 0 Å². The van der Waals surface area contributed by atoms with Crippen molar-refractivity contribution in [1.29, 1.82) is 0 Å². The van der Waals surface area contributed by atoms with Crippen LogP contribution >= 0.6 is 23.7 Å². The molecule has 0 aliphatic carbocycles. The van der Waals surface area contributed by atoms with Gasteiger partial charge in [-0.25, -0.2) is 9.97 Å². The standard InChI is InChI=1S/C15H21N5OS.ClH/c1-15(2,16)8-17-13(21)11-4-3-6-20(11)12-10-5-7-22-14(10)19-9-18-12;/h5,7,9,11H,3-4,6,8,16H2,1-2H3,(H,17,21);1H. The Kier molecular flexibility index (Phi) is 5.44. The van der Waals surface area contributed by atoms with Crippen LogP contribution in [0.5, 0.6) is 0 Å². The van der Waals surface area contributed by atoms with Crippen LogP contribution in [0.15, 0.2) is 17.8 Å². The van der Waals surface area contributed by atoms with Crippen LogP contribution in [0.4, 0.5) is 5.82 Å². The maximum atomic E-state index is 12.5. The zero-order valence-electron chi connectivity index (χ0n) is 13.3. The van der Waals surface area contributed by atoms with Crippen LogP contribution < -0.4 is 16.0 Å². The Hall–Kier alpha value is -1.44. The van der Waals surface area contributed by atoms with E-state index in [1.165, 1.54) is 0 Å². The Labute approximate surface area is 145 Å². The van der Waals surface area contributed by atoms with Crippen molar-refractivity contribution in [1.82, 2.24) is 15.3 Å². The second-order valence-electron chi connectivity index (χ2n) is 6.39. The van der Waals surface area contributed by atoms with Gasteiger partial charge in [0.25, 0.3) is 0 Å².